The van der Waals surface area contributed by atoms with Gasteiger partial charge in [0.25, 0.3) is 0 Å². The summed E-state index contributed by atoms with van der Waals surface area (Å²) in [5.41, 5.74) is 3.51. The van der Waals surface area contributed by atoms with Crippen molar-refractivity contribution in [2.75, 3.05) is 0 Å². The fraction of sp³-hybridized carbons (Fsp3) is 0.261. The summed E-state index contributed by atoms with van der Waals surface area (Å²) in [7, 11) is 0. The van der Waals surface area contributed by atoms with Gasteiger partial charge in [-0.1, -0.05) is 37.6 Å². The van der Waals surface area contributed by atoms with E-state index >= 15 is 0 Å². The van der Waals surface area contributed by atoms with Gasteiger partial charge in [-0.25, -0.2) is 8.91 Å². The van der Waals surface area contributed by atoms with Crippen molar-refractivity contribution in [1.29, 1.82) is 0 Å². The number of carbonyl (C=O) groups excluding carboxylic acids is 1. The molecule has 0 aliphatic heterocycles. The maximum absolute atomic E-state index is 13.6. The zero-order valence-corrected chi connectivity index (χ0v) is 17.8. The lowest BCUT2D eigenvalue weighted by Crippen LogP contribution is -2.14. The number of halogens is 2. The molecule has 3 aromatic rings. The second-order valence-electron chi connectivity index (χ2n) is 7.53. The molecule has 0 spiro atoms. The summed E-state index contributed by atoms with van der Waals surface area (Å²) in [6.45, 7) is 4.03. The van der Waals surface area contributed by atoms with Crippen LogP contribution in [-0.4, -0.2) is 37.7 Å². The molecule has 1 aromatic carbocycles. The molecule has 0 radical (unpaired) electrons. The highest BCUT2D eigenvalue weighted by atomic mass is 35.5. The third kappa shape index (κ3) is 5.18. The molecule has 3 rings (SSSR count). The second-order valence-corrected chi connectivity index (χ2v) is 7.94. The fourth-order valence-corrected chi connectivity index (χ4v) is 3.76. The summed E-state index contributed by atoms with van der Waals surface area (Å²) < 4.78 is 15.3. The summed E-state index contributed by atoms with van der Waals surface area (Å²) in [5.74, 6) is -2.21. The molecule has 1 atom stereocenters. The van der Waals surface area contributed by atoms with Gasteiger partial charge < -0.3 is 10.2 Å². The Kier molecular flexibility index (Phi) is 6.87. The van der Waals surface area contributed by atoms with Gasteiger partial charge in [0.1, 0.15) is 23.7 Å². The van der Waals surface area contributed by atoms with Crippen LogP contribution in [0.2, 0.25) is 5.02 Å². The van der Waals surface area contributed by atoms with Gasteiger partial charge in [-0.2, -0.15) is 5.10 Å². The molecule has 0 aliphatic rings. The van der Waals surface area contributed by atoms with Crippen LogP contribution in [0.15, 0.2) is 42.6 Å². The van der Waals surface area contributed by atoms with Crippen LogP contribution in [0.25, 0.3) is 22.9 Å². The average molecular weight is 445 g/mol. The van der Waals surface area contributed by atoms with Crippen LogP contribution in [0.4, 0.5) is 4.39 Å². The van der Waals surface area contributed by atoms with E-state index in [4.69, 9.17) is 16.7 Å². The SMILES string of the molecule is CC(C)c1c(/C=C/C(O)CC(=O)CC(=O)O)c(-c2ccc(F)cc2Cl)nn2cccc12. The van der Waals surface area contributed by atoms with Gasteiger partial charge in [0, 0.05) is 23.7 Å². The lowest BCUT2D eigenvalue weighted by atomic mass is 9.93. The third-order valence-electron chi connectivity index (χ3n) is 4.79. The van der Waals surface area contributed by atoms with Gasteiger partial charge in [-0.15, -0.1) is 0 Å². The number of aliphatic carboxylic acids is 1. The maximum atomic E-state index is 13.6. The Hall–Kier alpha value is -3.03. The number of nitrogens with zero attached hydrogens (tertiary/aromatic N) is 2. The molecule has 0 saturated carbocycles. The lowest BCUT2D eigenvalue weighted by molar-refractivity contribution is -0.140. The first kappa shape index (κ1) is 22.7. The number of aliphatic hydroxyl groups excluding tert-OH is 1. The Balaban J connectivity index is 2.12. The van der Waals surface area contributed by atoms with Crippen LogP contribution in [0, 0.1) is 5.82 Å². The molecule has 0 bridgehead atoms. The molecular weight excluding hydrogens is 423 g/mol. The van der Waals surface area contributed by atoms with Crippen LogP contribution in [-0.2, 0) is 9.59 Å². The third-order valence-corrected chi connectivity index (χ3v) is 5.10. The summed E-state index contributed by atoms with van der Waals surface area (Å²) in [5, 5.41) is 23.8. The van der Waals surface area contributed by atoms with Gasteiger partial charge in [0.15, 0.2) is 0 Å². The first-order valence-corrected chi connectivity index (χ1v) is 10.1. The lowest BCUT2D eigenvalue weighted by Gasteiger charge is -2.18. The molecule has 6 nitrogen and oxygen atoms in total. The minimum absolute atomic E-state index is 0.0730. The van der Waals surface area contributed by atoms with Gasteiger partial charge in [-0.3, -0.25) is 9.59 Å². The Morgan fingerprint density at radius 1 is 1.29 bits per heavy atom. The largest absolute Gasteiger partial charge is 0.481 e. The van der Waals surface area contributed by atoms with Crippen molar-refractivity contribution in [3.63, 3.8) is 0 Å². The summed E-state index contributed by atoms with van der Waals surface area (Å²) in [6.07, 6.45) is 2.77. The van der Waals surface area contributed by atoms with E-state index in [1.807, 2.05) is 26.0 Å². The van der Waals surface area contributed by atoms with Crippen molar-refractivity contribution in [3.05, 3.63) is 64.6 Å². The number of aromatic nitrogens is 2. The van der Waals surface area contributed by atoms with Crippen molar-refractivity contribution in [3.8, 4) is 11.3 Å². The predicted octanol–water partition coefficient (Wildman–Crippen LogP) is 4.73. The Morgan fingerprint density at radius 2 is 2.03 bits per heavy atom. The van der Waals surface area contributed by atoms with E-state index in [0.717, 1.165) is 11.1 Å². The molecule has 1 unspecified atom stereocenters. The number of hydrogen-bond donors (Lipinski definition) is 2. The van der Waals surface area contributed by atoms with Crippen molar-refractivity contribution in [2.24, 2.45) is 0 Å². The molecule has 0 amide bonds. The summed E-state index contributed by atoms with van der Waals surface area (Å²) in [6, 6.07) is 7.83. The Labute approximate surface area is 183 Å². The van der Waals surface area contributed by atoms with Crippen molar-refractivity contribution in [1.82, 2.24) is 9.61 Å². The monoisotopic (exact) mass is 444 g/mol. The summed E-state index contributed by atoms with van der Waals surface area (Å²) in [4.78, 5) is 22.4. The molecule has 162 valence electrons. The normalized spacial score (nSPS) is 12.7. The highest BCUT2D eigenvalue weighted by molar-refractivity contribution is 6.33. The first-order chi connectivity index (χ1) is 14.7. The number of carbonyl (C=O) groups is 2. The number of ketones is 1. The zero-order chi connectivity index (χ0) is 22.7. The molecule has 0 fully saturated rings. The maximum Gasteiger partial charge on any atom is 0.310 e. The molecule has 8 heteroatoms. The molecule has 31 heavy (non-hydrogen) atoms. The number of rotatable bonds is 8. The Bertz CT molecular complexity index is 1170. The van der Waals surface area contributed by atoms with E-state index < -0.39 is 30.1 Å². The van der Waals surface area contributed by atoms with Gasteiger partial charge in [0.2, 0.25) is 0 Å². The number of carboxylic acids is 1. The van der Waals surface area contributed by atoms with E-state index in [1.54, 1.807) is 22.9 Å². The van der Waals surface area contributed by atoms with E-state index in [2.05, 4.69) is 5.10 Å². The van der Waals surface area contributed by atoms with E-state index in [1.165, 1.54) is 18.2 Å². The highest BCUT2D eigenvalue weighted by Crippen LogP contribution is 2.36. The van der Waals surface area contributed by atoms with E-state index in [-0.39, 0.29) is 17.4 Å². The molecule has 0 saturated heterocycles. The number of carboxylic acid groups (broad SMARTS) is 1. The highest BCUT2D eigenvalue weighted by Gasteiger charge is 2.20. The van der Waals surface area contributed by atoms with Crippen LogP contribution < -0.4 is 0 Å². The van der Waals surface area contributed by atoms with Crippen molar-refractivity contribution < 1.29 is 24.2 Å². The van der Waals surface area contributed by atoms with Crippen molar-refractivity contribution in [2.45, 2.75) is 38.7 Å². The molecule has 2 aromatic heterocycles. The minimum Gasteiger partial charge on any atom is -0.481 e. The minimum atomic E-state index is -1.24. The standard InChI is InChI=1S/C23H22ClFN2O4/c1-13(2)22-18(8-6-15(28)11-16(29)12-21(30)31)23(26-27-9-3-4-20(22)27)17-7-5-14(25)10-19(17)24/h3-10,13,15,28H,11-12H2,1-2H3,(H,30,31)/b8-6+. The number of benzene rings is 1. The zero-order valence-electron chi connectivity index (χ0n) is 17.0. The molecular formula is C23H22ClFN2O4. The predicted molar refractivity (Wildman–Crippen MR) is 117 cm³/mol. The van der Waals surface area contributed by atoms with Crippen LogP contribution >= 0.6 is 11.6 Å². The summed E-state index contributed by atoms with van der Waals surface area (Å²) >= 11 is 6.31. The molecule has 0 aliphatic carbocycles. The smallest absolute Gasteiger partial charge is 0.310 e. The van der Waals surface area contributed by atoms with Crippen molar-refractivity contribution >= 4 is 34.9 Å². The van der Waals surface area contributed by atoms with Gasteiger partial charge in [0.05, 0.1) is 16.6 Å². The number of fused-ring (bicyclic) bond motifs is 1. The first-order valence-electron chi connectivity index (χ1n) is 9.73. The van der Waals surface area contributed by atoms with Crippen LogP contribution in [0.5, 0.6) is 0 Å². The second kappa shape index (κ2) is 9.41. The van der Waals surface area contributed by atoms with Crippen LogP contribution in [0.3, 0.4) is 0 Å². The molecule has 2 heterocycles. The molecule has 2 N–H and O–H groups in total. The fourth-order valence-electron chi connectivity index (χ4n) is 3.51. The van der Waals surface area contributed by atoms with Gasteiger partial charge in [-0.05, 0) is 41.8 Å². The van der Waals surface area contributed by atoms with E-state index in [0.29, 0.717) is 16.8 Å². The topological polar surface area (TPSA) is 91.9 Å². The van der Waals surface area contributed by atoms with Gasteiger partial charge >= 0.3 is 5.97 Å². The quantitative estimate of drug-likeness (QED) is 0.490. The number of Topliss-reactive ketones (excluding diaryl/α,β-unsaturated/α-hetero) is 1. The average Bonchev–Trinajstić information content (AvgIpc) is 3.12. The number of hydrogen-bond acceptors (Lipinski definition) is 4. The van der Waals surface area contributed by atoms with E-state index in [9.17, 15) is 19.1 Å². The number of aliphatic hydroxyl groups is 1. The van der Waals surface area contributed by atoms with Crippen LogP contribution in [0.1, 0.15) is 43.7 Å². The Morgan fingerprint density at radius 3 is 2.68 bits per heavy atom.